The first kappa shape index (κ1) is 11.9. The minimum atomic E-state index is -0.0264. The maximum Gasteiger partial charge on any atom is 0.178 e. The van der Waals surface area contributed by atoms with E-state index in [1.54, 1.807) is 0 Å². The standard InChI is InChI=1S/C14H18N2OS/c1-10-4-5-11-12(8-10)16(13(18)15-11)14(2)6-3-7-17-9-14/h4-5,8H,3,6-7,9H2,1-2H3,(H,15,18). The van der Waals surface area contributed by atoms with Gasteiger partial charge < -0.3 is 14.3 Å². The largest absolute Gasteiger partial charge is 0.379 e. The van der Waals surface area contributed by atoms with Crippen molar-refractivity contribution in [2.75, 3.05) is 13.2 Å². The summed E-state index contributed by atoms with van der Waals surface area (Å²) in [6.45, 7) is 5.95. The minimum absolute atomic E-state index is 0.0264. The molecule has 1 aliphatic rings. The van der Waals surface area contributed by atoms with Crippen molar-refractivity contribution in [3.8, 4) is 0 Å². The topological polar surface area (TPSA) is 29.9 Å². The smallest absolute Gasteiger partial charge is 0.178 e. The van der Waals surface area contributed by atoms with Gasteiger partial charge in [-0.3, -0.25) is 0 Å². The fourth-order valence-electron chi connectivity index (χ4n) is 2.84. The molecule has 1 saturated heterocycles. The third-order valence-electron chi connectivity index (χ3n) is 3.80. The zero-order valence-electron chi connectivity index (χ0n) is 10.8. The minimum Gasteiger partial charge on any atom is -0.379 e. The van der Waals surface area contributed by atoms with Gasteiger partial charge in [0.2, 0.25) is 0 Å². The average Bonchev–Trinajstić information content (AvgIpc) is 2.66. The van der Waals surface area contributed by atoms with E-state index in [9.17, 15) is 0 Å². The molecule has 1 atom stereocenters. The molecule has 1 unspecified atom stereocenters. The lowest BCUT2D eigenvalue weighted by Crippen LogP contribution is -2.39. The number of aryl methyl sites for hydroxylation is 1. The summed E-state index contributed by atoms with van der Waals surface area (Å²) < 4.78 is 8.70. The summed E-state index contributed by atoms with van der Waals surface area (Å²) in [5.74, 6) is 0. The van der Waals surface area contributed by atoms with E-state index in [1.807, 2.05) is 0 Å². The molecule has 1 fully saturated rings. The molecular weight excluding hydrogens is 244 g/mol. The van der Waals surface area contributed by atoms with E-state index >= 15 is 0 Å². The van der Waals surface area contributed by atoms with Gasteiger partial charge in [0.15, 0.2) is 4.77 Å². The predicted molar refractivity (Wildman–Crippen MR) is 75.6 cm³/mol. The molecule has 1 aliphatic heterocycles. The van der Waals surface area contributed by atoms with Gasteiger partial charge in [-0.05, 0) is 56.6 Å². The number of benzene rings is 1. The number of imidazole rings is 1. The van der Waals surface area contributed by atoms with E-state index in [4.69, 9.17) is 17.0 Å². The number of nitrogens with zero attached hydrogens (tertiary/aromatic N) is 1. The van der Waals surface area contributed by atoms with Crippen LogP contribution in [0, 0.1) is 11.7 Å². The van der Waals surface area contributed by atoms with Crippen molar-refractivity contribution in [1.29, 1.82) is 0 Å². The number of ether oxygens (including phenoxy) is 1. The Labute approximate surface area is 112 Å². The van der Waals surface area contributed by atoms with Crippen LogP contribution in [0.5, 0.6) is 0 Å². The van der Waals surface area contributed by atoms with Crippen LogP contribution >= 0.6 is 12.2 Å². The fraction of sp³-hybridized carbons (Fsp3) is 0.500. The van der Waals surface area contributed by atoms with Gasteiger partial charge in [-0.2, -0.15) is 0 Å². The number of hydrogen-bond acceptors (Lipinski definition) is 2. The van der Waals surface area contributed by atoms with Gasteiger partial charge in [-0.15, -0.1) is 0 Å². The van der Waals surface area contributed by atoms with Crippen LogP contribution in [-0.2, 0) is 10.3 Å². The second-order valence-electron chi connectivity index (χ2n) is 5.44. The Bertz CT molecular complexity index is 635. The number of nitrogens with one attached hydrogen (secondary N) is 1. The normalized spacial score (nSPS) is 24.6. The molecule has 18 heavy (non-hydrogen) atoms. The molecule has 0 aliphatic carbocycles. The van der Waals surface area contributed by atoms with Crippen LogP contribution in [0.3, 0.4) is 0 Å². The maximum atomic E-state index is 5.66. The molecule has 4 heteroatoms. The molecule has 1 aromatic carbocycles. The molecule has 96 valence electrons. The number of aromatic nitrogens is 2. The molecule has 2 aromatic rings. The Balaban J connectivity index is 2.24. The van der Waals surface area contributed by atoms with Crippen molar-refractivity contribution >= 4 is 23.3 Å². The third-order valence-corrected chi connectivity index (χ3v) is 4.08. The molecule has 0 radical (unpaired) electrons. The van der Waals surface area contributed by atoms with Gasteiger partial charge >= 0.3 is 0 Å². The van der Waals surface area contributed by atoms with Crippen LogP contribution in [0.2, 0.25) is 0 Å². The summed E-state index contributed by atoms with van der Waals surface area (Å²) in [5, 5.41) is 0. The second kappa shape index (κ2) is 4.21. The summed E-state index contributed by atoms with van der Waals surface area (Å²) in [6, 6.07) is 6.41. The quantitative estimate of drug-likeness (QED) is 0.797. The van der Waals surface area contributed by atoms with Crippen molar-refractivity contribution in [3.63, 3.8) is 0 Å². The van der Waals surface area contributed by atoms with E-state index in [2.05, 4.69) is 41.6 Å². The number of H-pyrrole nitrogens is 1. The van der Waals surface area contributed by atoms with Crippen LogP contribution in [0.4, 0.5) is 0 Å². The summed E-state index contributed by atoms with van der Waals surface area (Å²) in [7, 11) is 0. The van der Waals surface area contributed by atoms with E-state index < -0.39 is 0 Å². The number of hydrogen-bond donors (Lipinski definition) is 1. The van der Waals surface area contributed by atoms with Crippen LogP contribution in [0.15, 0.2) is 18.2 Å². The first-order valence-electron chi connectivity index (χ1n) is 6.40. The lowest BCUT2D eigenvalue weighted by atomic mass is 9.94. The van der Waals surface area contributed by atoms with Crippen LogP contribution in [0.25, 0.3) is 11.0 Å². The zero-order valence-corrected chi connectivity index (χ0v) is 11.6. The molecule has 0 spiro atoms. The zero-order chi connectivity index (χ0) is 12.8. The van der Waals surface area contributed by atoms with Gasteiger partial charge in [0.1, 0.15) is 0 Å². The van der Waals surface area contributed by atoms with Gasteiger partial charge in [-0.25, -0.2) is 0 Å². The Hall–Kier alpha value is -1.13. The highest BCUT2D eigenvalue weighted by molar-refractivity contribution is 7.71. The van der Waals surface area contributed by atoms with E-state index in [0.717, 1.165) is 36.3 Å². The van der Waals surface area contributed by atoms with Crippen molar-refractivity contribution in [1.82, 2.24) is 9.55 Å². The van der Waals surface area contributed by atoms with E-state index in [-0.39, 0.29) is 5.54 Å². The van der Waals surface area contributed by atoms with Gasteiger partial charge in [0.25, 0.3) is 0 Å². The van der Waals surface area contributed by atoms with Crippen molar-refractivity contribution in [2.45, 2.75) is 32.2 Å². The highest BCUT2D eigenvalue weighted by Crippen LogP contribution is 2.31. The average molecular weight is 262 g/mol. The number of fused-ring (bicyclic) bond motifs is 1. The SMILES string of the molecule is Cc1ccc2[nH]c(=S)n(C3(C)CCCOC3)c2c1. The fourth-order valence-corrected chi connectivity index (χ4v) is 3.27. The molecule has 1 N–H and O–H groups in total. The molecule has 3 nitrogen and oxygen atoms in total. The van der Waals surface area contributed by atoms with E-state index in [0.29, 0.717) is 0 Å². The number of rotatable bonds is 1. The molecule has 0 saturated carbocycles. The van der Waals surface area contributed by atoms with Crippen molar-refractivity contribution in [3.05, 3.63) is 28.5 Å². The van der Waals surface area contributed by atoms with E-state index in [1.165, 1.54) is 11.1 Å². The predicted octanol–water partition coefficient (Wildman–Crippen LogP) is 3.53. The van der Waals surface area contributed by atoms with Crippen LogP contribution in [-0.4, -0.2) is 22.8 Å². The van der Waals surface area contributed by atoms with Gasteiger partial charge in [0, 0.05) is 6.61 Å². The second-order valence-corrected chi connectivity index (χ2v) is 5.83. The van der Waals surface area contributed by atoms with Crippen molar-refractivity contribution < 1.29 is 4.74 Å². The monoisotopic (exact) mass is 262 g/mol. The highest BCUT2D eigenvalue weighted by atomic mass is 32.1. The Kier molecular flexibility index (Phi) is 2.79. The van der Waals surface area contributed by atoms with Gasteiger partial charge in [0.05, 0.1) is 23.2 Å². The molecule has 1 aromatic heterocycles. The molecule has 0 amide bonds. The first-order valence-corrected chi connectivity index (χ1v) is 6.81. The maximum absolute atomic E-state index is 5.66. The molecular formula is C14H18N2OS. The molecule has 3 rings (SSSR count). The third kappa shape index (κ3) is 1.80. The summed E-state index contributed by atoms with van der Waals surface area (Å²) in [6.07, 6.45) is 2.21. The molecule has 0 bridgehead atoms. The Morgan fingerprint density at radius 1 is 1.44 bits per heavy atom. The number of aromatic amines is 1. The summed E-state index contributed by atoms with van der Waals surface area (Å²) >= 11 is 5.50. The lowest BCUT2D eigenvalue weighted by molar-refractivity contribution is 0.0108. The molecule has 2 heterocycles. The van der Waals surface area contributed by atoms with Crippen LogP contribution < -0.4 is 0 Å². The summed E-state index contributed by atoms with van der Waals surface area (Å²) in [5.41, 5.74) is 3.53. The Morgan fingerprint density at radius 2 is 2.28 bits per heavy atom. The van der Waals surface area contributed by atoms with Crippen LogP contribution in [0.1, 0.15) is 25.3 Å². The summed E-state index contributed by atoms with van der Waals surface area (Å²) in [4.78, 5) is 3.30. The highest BCUT2D eigenvalue weighted by Gasteiger charge is 2.31. The van der Waals surface area contributed by atoms with Gasteiger partial charge in [-0.1, -0.05) is 6.07 Å². The Morgan fingerprint density at radius 3 is 3.00 bits per heavy atom. The van der Waals surface area contributed by atoms with Crippen molar-refractivity contribution in [2.24, 2.45) is 0 Å². The first-order chi connectivity index (χ1) is 8.60. The lowest BCUT2D eigenvalue weighted by Gasteiger charge is -2.35.